The number of nitrogens with two attached hydrogens (primary N) is 1. The minimum Gasteiger partial charge on any atom is -0.465 e. The smallest absolute Gasteiger partial charge is 0.321 e. The minimum atomic E-state index is -3.79. The summed E-state index contributed by atoms with van der Waals surface area (Å²) >= 11 is 0. The predicted octanol–water partition coefficient (Wildman–Crippen LogP) is 0.761. The van der Waals surface area contributed by atoms with Crippen LogP contribution in [0, 0.1) is 6.92 Å². The number of nitrogen functional groups attached to an aromatic ring is 1. The van der Waals surface area contributed by atoms with E-state index in [9.17, 15) is 13.2 Å². The summed E-state index contributed by atoms with van der Waals surface area (Å²) in [7, 11) is -2.48. The Labute approximate surface area is 113 Å². The summed E-state index contributed by atoms with van der Waals surface area (Å²) in [6.45, 7) is 3.34. The second kappa shape index (κ2) is 6.03. The van der Waals surface area contributed by atoms with Crippen LogP contribution in [0.3, 0.4) is 0 Å². The van der Waals surface area contributed by atoms with Gasteiger partial charge in [0.25, 0.3) is 0 Å². The van der Waals surface area contributed by atoms with Gasteiger partial charge in [0.1, 0.15) is 11.4 Å². The Morgan fingerprint density at radius 2 is 2.05 bits per heavy atom. The Hall–Kier alpha value is -1.60. The van der Waals surface area contributed by atoms with Gasteiger partial charge in [-0.05, 0) is 31.5 Å². The number of aryl methyl sites for hydroxylation is 1. The molecule has 2 N–H and O–H groups in total. The maximum atomic E-state index is 12.2. The van der Waals surface area contributed by atoms with Crippen molar-refractivity contribution in [1.82, 2.24) is 4.31 Å². The first-order valence-electron chi connectivity index (χ1n) is 5.77. The second-order valence-electron chi connectivity index (χ2n) is 4.11. The lowest BCUT2D eigenvalue weighted by Crippen LogP contribution is -2.33. The van der Waals surface area contributed by atoms with E-state index in [1.54, 1.807) is 19.1 Å². The van der Waals surface area contributed by atoms with Crippen molar-refractivity contribution in [3.05, 3.63) is 23.8 Å². The summed E-state index contributed by atoms with van der Waals surface area (Å²) in [6, 6.07) is 4.66. The Bertz CT molecular complexity index is 569. The molecule has 19 heavy (non-hydrogen) atoms. The van der Waals surface area contributed by atoms with E-state index >= 15 is 0 Å². The number of anilines is 1. The molecule has 0 aromatic heterocycles. The number of carbonyl (C=O) groups excluding carboxylic acids is 1. The fourth-order valence-electron chi connectivity index (χ4n) is 1.54. The highest BCUT2D eigenvalue weighted by Crippen LogP contribution is 2.22. The molecule has 106 valence electrons. The Morgan fingerprint density at radius 1 is 1.42 bits per heavy atom. The molecule has 0 radical (unpaired) electrons. The Morgan fingerprint density at radius 3 is 2.58 bits per heavy atom. The zero-order valence-electron chi connectivity index (χ0n) is 11.2. The number of sulfonamides is 1. The average molecular weight is 286 g/mol. The lowest BCUT2D eigenvalue weighted by atomic mass is 10.2. The zero-order valence-corrected chi connectivity index (χ0v) is 12.0. The molecule has 1 aromatic carbocycles. The maximum Gasteiger partial charge on any atom is 0.321 e. The molecule has 7 heteroatoms. The van der Waals surface area contributed by atoms with Crippen molar-refractivity contribution < 1.29 is 17.9 Å². The van der Waals surface area contributed by atoms with Gasteiger partial charge in [-0.3, -0.25) is 4.79 Å². The summed E-state index contributed by atoms with van der Waals surface area (Å²) in [5, 5.41) is 0. The van der Waals surface area contributed by atoms with Crippen molar-refractivity contribution in [1.29, 1.82) is 0 Å². The van der Waals surface area contributed by atoms with Gasteiger partial charge in [0, 0.05) is 7.05 Å². The molecule has 0 aliphatic heterocycles. The quantitative estimate of drug-likeness (QED) is 0.637. The van der Waals surface area contributed by atoms with Crippen molar-refractivity contribution in [2.75, 3.05) is 25.9 Å². The number of ether oxygens (including phenoxy) is 1. The van der Waals surface area contributed by atoms with Gasteiger partial charge in [0.15, 0.2) is 0 Å². The number of benzene rings is 1. The van der Waals surface area contributed by atoms with Crippen molar-refractivity contribution in [3.63, 3.8) is 0 Å². The summed E-state index contributed by atoms with van der Waals surface area (Å²) in [5.74, 6) is -0.598. The number of nitrogens with zero attached hydrogens (tertiary/aromatic N) is 1. The molecule has 0 aliphatic carbocycles. The molecule has 0 atom stereocenters. The van der Waals surface area contributed by atoms with Gasteiger partial charge in [-0.25, -0.2) is 8.42 Å². The molecule has 0 saturated heterocycles. The van der Waals surface area contributed by atoms with Crippen LogP contribution in [-0.4, -0.2) is 38.9 Å². The predicted molar refractivity (Wildman–Crippen MR) is 72.0 cm³/mol. The molecule has 0 aliphatic rings. The molecule has 1 rings (SSSR count). The van der Waals surface area contributed by atoms with E-state index < -0.39 is 16.0 Å². The van der Waals surface area contributed by atoms with E-state index in [4.69, 9.17) is 10.5 Å². The SMILES string of the molecule is CCOC(=O)CN(C)S(=O)(=O)c1ccc(C)cc1N. The highest BCUT2D eigenvalue weighted by molar-refractivity contribution is 7.89. The van der Waals surface area contributed by atoms with E-state index in [0.717, 1.165) is 9.87 Å². The minimum absolute atomic E-state index is 0.00935. The molecule has 0 unspecified atom stereocenters. The van der Waals surface area contributed by atoms with Crippen molar-refractivity contribution in [3.8, 4) is 0 Å². The van der Waals surface area contributed by atoms with E-state index in [2.05, 4.69) is 0 Å². The number of hydrogen-bond acceptors (Lipinski definition) is 5. The Balaban J connectivity index is 3.00. The summed E-state index contributed by atoms with van der Waals surface area (Å²) in [6.07, 6.45) is 0. The van der Waals surface area contributed by atoms with Gasteiger partial charge in [-0.15, -0.1) is 0 Å². The normalized spacial score (nSPS) is 11.6. The fourth-order valence-corrected chi connectivity index (χ4v) is 2.75. The number of hydrogen-bond donors (Lipinski definition) is 1. The highest BCUT2D eigenvalue weighted by Gasteiger charge is 2.25. The van der Waals surface area contributed by atoms with Crippen LogP contribution >= 0.6 is 0 Å². The number of esters is 1. The molecule has 0 saturated carbocycles. The number of rotatable bonds is 5. The fraction of sp³-hybridized carbons (Fsp3) is 0.417. The van der Waals surface area contributed by atoms with Gasteiger partial charge in [-0.2, -0.15) is 4.31 Å². The lowest BCUT2D eigenvalue weighted by Gasteiger charge is -2.17. The lowest BCUT2D eigenvalue weighted by molar-refractivity contribution is -0.143. The first-order valence-corrected chi connectivity index (χ1v) is 7.21. The number of carbonyl (C=O) groups is 1. The van der Waals surface area contributed by atoms with Gasteiger partial charge >= 0.3 is 5.97 Å². The number of likely N-dealkylation sites (N-methyl/N-ethyl adjacent to an activating group) is 1. The van der Waals surface area contributed by atoms with Crippen LogP contribution in [0.5, 0.6) is 0 Å². The average Bonchev–Trinajstić information content (AvgIpc) is 2.28. The van der Waals surface area contributed by atoms with E-state index in [0.29, 0.717) is 0 Å². The van der Waals surface area contributed by atoms with Gasteiger partial charge < -0.3 is 10.5 Å². The van der Waals surface area contributed by atoms with Crippen molar-refractivity contribution in [2.24, 2.45) is 0 Å². The van der Waals surface area contributed by atoms with Crippen LogP contribution < -0.4 is 5.73 Å². The molecule has 0 fully saturated rings. The van der Waals surface area contributed by atoms with Crippen LogP contribution in [-0.2, 0) is 19.6 Å². The van der Waals surface area contributed by atoms with E-state index in [1.165, 1.54) is 13.1 Å². The molecular formula is C12H18N2O4S. The second-order valence-corrected chi connectivity index (χ2v) is 6.12. The maximum absolute atomic E-state index is 12.2. The van der Waals surface area contributed by atoms with Crippen LogP contribution in [0.25, 0.3) is 0 Å². The van der Waals surface area contributed by atoms with Crippen LogP contribution in [0.2, 0.25) is 0 Å². The molecular weight excluding hydrogens is 268 g/mol. The van der Waals surface area contributed by atoms with Crippen molar-refractivity contribution >= 4 is 21.7 Å². The third-order valence-electron chi connectivity index (χ3n) is 2.51. The monoisotopic (exact) mass is 286 g/mol. The van der Waals surface area contributed by atoms with Crippen LogP contribution in [0.1, 0.15) is 12.5 Å². The Kier molecular flexibility index (Phi) is 4.90. The summed E-state index contributed by atoms with van der Waals surface area (Å²) in [5.41, 5.74) is 6.74. The molecule has 6 nitrogen and oxygen atoms in total. The molecule has 1 aromatic rings. The summed E-state index contributed by atoms with van der Waals surface area (Å²) in [4.78, 5) is 11.3. The van der Waals surface area contributed by atoms with Gasteiger partial charge in [0.2, 0.25) is 10.0 Å². The largest absolute Gasteiger partial charge is 0.465 e. The van der Waals surface area contributed by atoms with Gasteiger partial charge in [-0.1, -0.05) is 6.07 Å². The first kappa shape index (κ1) is 15.5. The van der Waals surface area contributed by atoms with Crippen molar-refractivity contribution in [2.45, 2.75) is 18.7 Å². The van der Waals surface area contributed by atoms with Gasteiger partial charge in [0.05, 0.1) is 12.3 Å². The van der Waals surface area contributed by atoms with E-state index in [-0.39, 0.29) is 23.7 Å². The standard InChI is InChI=1S/C12H18N2O4S/c1-4-18-12(15)8-14(3)19(16,17)11-6-5-9(2)7-10(11)13/h5-7H,4,8,13H2,1-3H3. The van der Waals surface area contributed by atoms with Crippen LogP contribution in [0.4, 0.5) is 5.69 Å². The highest BCUT2D eigenvalue weighted by atomic mass is 32.2. The topological polar surface area (TPSA) is 89.7 Å². The first-order chi connectivity index (χ1) is 8.78. The van der Waals surface area contributed by atoms with E-state index in [1.807, 2.05) is 6.92 Å². The molecule has 0 spiro atoms. The zero-order chi connectivity index (χ0) is 14.6. The third kappa shape index (κ3) is 3.68. The third-order valence-corrected chi connectivity index (χ3v) is 4.39. The van der Waals surface area contributed by atoms with Crippen LogP contribution in [0.15, 0.2) is 23.1 Å². The molecule has 0 heterocycles. The summed E-state index contributed by atoms with van der Waals surface area (Å²) < 4.78 is 30.1. The molecule has 0 bridgehead atoms. The molecule has 0 amide bonds.